The van der Waals surface area contributed by atoms with Crippen LogP contribution in [0.25, 0.3) is 16.7 Å². The Morgan fingerprint density at radius 2 is 1.96 bits per heavy atom. The highest BCUT2D eigenvalue weighted by atomic mass is 32.2. The zero-order valence-electron chi connectivity index (χ0n) is 13.9. The third-order valence-electron chi connectivity index (χ3n) is 3.55. The van der Waals surface area contributed by atoms with E-state index in [2.05, 4.69) is 14.8 Å². The molecule has 3 rings (SSSR count). The fourth-order valence-corrected chi connectivity index (χ4v) is 3.11. The van der Waals surface area contributed by atoms with E-state index in [-0.39, 0.29) is 0 Å². The molecule has 0 radical (unpaired) electrons. The molecule has 0 saturated carbocycles. The predicted molar refractivity (Wildman–Crippen MR) is 93.4 cm³/mol. The fourth-order valence-electron chi connectivity index (χ4n) is 2.58. The second-order valence-corrected chi connectivity index (χ2v) is 7.36. The molecule has 0 fully saturated rings. The first kappa shape index (κ1) is 16.3. The number of hydrogen-bond acceptors (Lipinski definition) is 5. The number of sulfonamides is 1. The van der Waals surface area contributed by atoms with Crippen molar-refractivity contribution >= 4 is 26.7 Å². The van der Waals surface area contributed by atoms with Gasteiger partial charge < -0.3 is 4.74 Å². The van der Waals surface area contributed by atoms with Gasteiger partial charge in [0.05, 0.1) is 19.1 Å². The van der Waals surface area contributed by atoms with Gasteiger partial charge in [-0.1, -0.05) is 12.1 Å². The lowest BCUT2D eigenvalue weighted by Gasteiger charge is -2.12. The summed E-state index contributed by atoms with van der Waals surface area (Å²) in [6, 6.07) is 9.23. The van der Waals surface area contributed by atoms with E-state index in [1.54, 1.807) is 20.1 Å². The first-order chi connectivity index (χ1) is 11.3. The molecule has 0 aliphatic rings. The Labute approximate surface area is 140 Å². The van der Waals surface area contributed by atoms with Crippen molar-refractivity contribution in [2.24, 2.45) is 0 Å². The third kappa shape index (κ3) is 3.05. The van der Waals surface area contributed by atoms with Crippen LogP contribution in [0.1, 0.15) is 11.3 Å². The molecule has 2 aromatic heterocycles. The summed E-state index contributed by atoms with van der Waals surface area (Å²) in [5.41, 5.74) is 2.38. The second-order valence-electron chi connectivity index (χ2n) is 5.61. The lowest BCUT2D eigenvalue weighted by molar-refractivity contribution is 0.419. The molecule has 0 aliphatic carbocycles. The first-order valence-corrected chi connectivity index (χ1v) is 9.17. The zero-order chi connectivity index (χ0) is 17.5. The van der Waals surface area contributed by atoms with Crippen LogP contribution in [0.4, 0.5) is 5.82 Å². The number of fused-ring (bicyclic) bond motifs is 1. The number of nitrogens with one attached hydrogen (secondary N) is 1. The summed E-state index contributed by atoms with van der Waals surface area (Å²) >= 11 is 0. The van der Waals surface area contributed by atoms with E-state index >= 15 is 0 Å². The highest BCUT2D eigenvalue weighted by molar-refractivity contribution is 7.92. The lowest BCUT2D eigenvalue weighted by Crippen LogP contribution is -2.14. The number of benzene rings is 1. The number of anilines is 1. The summed E-state index contributed by atoms with van der Waals surface area (Å²) in [4.78, 5) is 4.62. The standard InChI is InChI=1S/C16H18N4O3S/c1-10-8-14(17-16-12(10)6-5-7-13(16)23-3)20-15(9-11(2)18-20)19-24(4,21)22/h5-9,19H,1-4H3. The maximum atomic E-state index is 11.6. The number of ether oxygens (including phenoxy) is 1. The summed E-state index contributed by atoms with van der Waals surface area (Å²) in [6.45, 7) is 3.76. The molecular weight excluding hydrogens is 328 g/mol. The molecule has 24 heavy (non-hydrogen) atoms. The number of rotatable bonds is 4. The van der Waals surface area contributed by atoms with Gasteiger partial charge in [-0.2, -0.15) is 9.78 Å². The van der Waals surface area contributed by atoms with Crippen LogP contribution >= 0.6 is 0 Å². The van der Waals surface area contributed by atoms with Crippen molar-refractivity contribution in [2.75, 3.05) is 18.1 Å². The van der Waals surface area contributed by atoms with Gasteiger partial charge >= 0.3 is 0 Å². The van der Waals surface area contributed by atoms with Crippen LogP contribution in [0, 0.1) is 13.8 Å². The van der Waals surface area contributed by atoms with Crippen molar-refractivity contribution in [1.29, 1.82) is 0 Å². The number of para-hydroxylation sites is 1. The van der Waals surface area contributed by atoms with Crippen molar-refractivity contribution < 1.29 is 13.2 Å². The predicted octanol–water partition coefficient (Wildman–Crippen LogP) is 2.42. The fraction of sp³-hybridized carbons (Fsp3) is 0.250. The summed E-state index contributed by atoms with van der Waals surface area (Å²) in [7, 11) is -1.83. The number of aromatic nitrogens is 3. The number of nitrogens with zero attached hydrogens (tertiary/aromatic N) is 3. The second kappa shape index (κ2) is 5.79. The molecular formula is C16H18N4O3S. The summed E-state index contributed by atoms with van der Waals surface area (Å²) in [6.07, 6.45) is 1.10. The molecule has 1 N–H and O–H groups in total. The smallest absolute Gasteiger partial charge is 0.230 e. The summed E-state index contributed by atoms with van der Waals surface area (Å²) in [5.74, 6) is 1.51. The number of methoxy groups -OCH3 is 1. The van der Waals surface area contributed by atoms with Crippen molar-refractivity contribution in [2.45, 2.75) is 13.8 Å². The van der Waals surface area contributed by atoms with Crippen molar-refractivity contribution in [3.8, 4) is 11.6 Å². The first-order valence-electron chi connectivity index (χ1n) is 7.27. The molecule has 2 heterocycles. The van der Waals surface area contributed by atoms with E-state index in [4.69, 9.17) is 4.74 Å². The summed E-state index contributed by atoms with van der Waals surface area (Å²) in [5, 5.41) is 5.33. The highest BCUT2D eigenvalue weighted by Crippen LogP contribution is 2.28. The van der Waals surface area contributed by atoms with Gasteiger partial charge in [-0.05, 0) is 31.5 Å². The van der Waals surface area contributed by atoms with Crippen molar-refractivity contribution in [1.82, 2.24) is 14.8 Å². The Bertz CT molecular complexity index is 1030. The van der Waals surface area contributed by atoms with Crippen LogP contribution in [-0.4, -0.2) is 36.5 Å². The molecule has 0 amide bonds. The summed E-state index contributed by atoms with van der Waals surface area (Å²) < 4.78 is 32.5. The van der Waals surface area contributed by atoms with E-state index in [0.717, 1.165) is 17.2 Å². The quantitative estimate of drug-likeness (QED) is 0.784. The van der Waals surface area contributed by atoms with E-state index in [1.165, 1.54) is 4.68 Å². The lowest BCUT2D eigenvalue weighted by atomic mass is 10.1. The minimum absolute atomic E-state index is 0.344. The van der Waals surface area contributed by atoms with Gasteiger partial charge in [0.1, 0.15) is 17.1 Å². The van der Waals surface area contributed by atoms with Crippen molar-refractivity contribution in [3.63, 3.8) is 0 Å². The van der Waals surface area contributed by atoms with Crippen LogP contribution in [0.15, 0.2) is 30.3 Å². The van der Waals surface area contributed by atoms with Gasteiger partial charge in [-0.15, -0.1) is 0 Å². The van der Waals surface area contributed by atoms with Gasteiger partial charge in [0, 0.05) is 11.5 Å². The molecule has 1 aromatic carbocycles. The van der Waals surface area contributed by atoms with Crippen molar-refractivity contribution in [3.05, 3.63) is 41.6 Å². The van der Waals surface area contributed by atoms with Crippen LogP contribution < -0.4 is 9.46 Å². The van der Waals surface area contributed by atoms with E-state index in [0.29, 0.717) is 28.6 Å². The number of pyridine rings is 1. The number of hydrogen-bond donors (Lipinski definition) is 1. The Balaban J connectivity index is 2.24. The van der Waals surface area contributed by atoms with Gasteiger partial charge in [-0.25, -0.2) is 13.4 Å². The zero-order valence-corrected chi connectivity index (χ0v) is 14.7. The highest BCUT2D eigenvalue weighted by Gasteiger charge is 2.15. The van der Waals surface area contributed by atoms with Gasteiger partial charge in [0.25, 0.3) is 0 Å². The Morgan fingerprint density at radius 1 is 1.21 bits per heavy atom. The third-order valence-corrected chi connectivity index (χ3v) is 4.13. The monoisotopic (exact) mass is 346 g/mol. The van der Waals surface area contributed by atoms with Gasteiger partial charge in [0.2, 0.25) is 10.0 Å². The molecule has 0 bridgehead atoms. The Kier molecular flexibility index (Phi) is 3.92. The van der Waals surface area contributed by atoms with Crippen LogP contribution in [-0.2, 0) is 10.0 Å². The largest absolute Gasteiger partial charge is 0.494 e. The minimum atomic E-state index is -3.42. The van der Waals surface area contributed by atoms with Crippen LogP contribution in [0.2, 0.25) is 0 Å². The Hall–Kier alpha value is -2.61. The molecule has 126 valence electrons. The molecule has 0 unspecified atom stereocenters. The molecule has 0 atom stereocenters. The average Bonchev–Trinajstić information content (AvgIpc) is 2.85. The molecule has 3 aromatic rings. The van der Waals surface area contributed by atoms with E-state index in [9.17, 15) is 8.42 Å². The van der Waals surface area contributed by atoms with E-state index in [1.807, 2.05) is 31.2 Å². The van der Waals surface area contributed by atoms with Gasteiger partial charge in [-0.3, -0.25) is 4.72 Å². The molecule has 0 aliphatic heterocycles. The SMILES string of the molecule is COc1cccc2c(C)cc(-n3nc(C)cc3NS(C)(=O)=O)nc12. The maximum Gasteiger partial charge on any atom is 0.230 e. The normalized spacial score (nSPS) is 11.7. The number of aryl methyl sites for hydroxylation is 2. The molecule has 7 nitrogen and oxygen atoms in total. The molecule has 0 saturated heterocycles. The van der Waals surface area contributed by atoms with Gasteiger partial charge in [0.15, 0.2) is 5.82 Å². The topological polar surface area (TPSA) is 86.1 Å². The van der Waals surface area contributed by atoms with E-state index < -0.39 is 10.0 Å². The Morgan fingerprint density at radius 3 is 2.62 bits per heavy atom. The van der Waals surface area contributed by atoms with Crippen LogP contribution in [0.5, 0.6) is 5.75 Å². The van der Waals surface area contributed by atoms with Crippen LogP contribution in [0.3, 0.4) is 0 Å². The molecule has 0 spiro atoms. The minimum Gasteiger partial charge on any atom is -0.494 e. The average molecular weight is 346 g/mol. The molecule has 8 heteroatoms. The maximum absolute atomic E-state index is 11.6.